The zero-order chi connectivity index (χ0) is 15.0. The van der Waals surface area contributed by atoms with Crippen LogP contribution in [0, 0.1) is 0 Å². The van der Waals surface area contributed by atoms with Crippen LogP contribution in [0.25, 0.3) is 10.0 Å². The molecule has 20 heavy (non-hydrogen) atoms. The predicted octanol–water partition coefficient (Wildman–Crippen LogP) is 3.36. The molecular formula is C14H20N2S2Sn2. The zero-order valence-corrected chi connectivity index (χ0v) is 20.2. The van der Waals surface area contributed by atoms with Crippen molar-refractivity contribution in [1.29, 1.82) is 0 Å². The Labute approximate surface area is 150 Å². The van der Waals surface area contributed by atoms with Gasteiger partial charge in [0.1, 0.15) is 0 Å². The minimum absolute atomic E-state index is 0.488. The zero-order valence-electron chi connectivity index (χ0n) is 12.9. The van der Waals surface area contributed by atoms with Gasteiger partial charge in [-0.15, -0.1) is 0 Å². The van der Waals surface area contributed by atoms with E-state index in [1.807, 2.05) is 22.7 Å². The average Bonchev–Trinajstić information content (AvgIpc) is 2.81. The average molecular weight is 518 g/mol. The van der Waals surface area contributed by atoms with Crippen LogP contribution in [0.15, 0.2) is 12.4 Å². The van der Waals surface area contributed by atoms with Crippen LogP contribution in [0.1, 0.15) is 41.5 Å². The van der Waals surface area contributed by atoms with Gasteiger partial charge in [-0.3, -0.25) is 0 Å². The second-order valence-electron chi connectivity index (χ2n) is 6.81. The van der Waals surface area contributed by atoms with E-state index < -0.39 is 42.3 Å². The molecule has 0 atom stereocenters. The minimum atomic E-state index is -0.530. The molecule has 2 heterocycles. The summed E-state index contributed by atoms with van der Waals surface area (Å²) in [7, 11) is 0. The van der Waals surface area contributed by atoms with Crippen LogP contribution < -0.4 is 5.79 Å². The fraction of sp³-hybridized carbons (Fsp3) is 0.571. The standard InChI is InChI=1S/C6H2N2S2.2C4H9.2Sn/c1-3-9-5(7-1)6-8-2-4-10-6;2*1-4(2)3;;/h1-2H;2*1-3H3;;. The monoisotopic (exact) mass is 520 g/mol. The van der Waals surface area contributed by atoms with E-state index in [9.17, 15) is 0 Å². The molecule has 0 saturated heterocycles. The van der Waals surface area contributed by atoms with Gasteiger partial charge in [0.05, 0.1) is 0 Å². The normalized spacial score (nSPS) is 12.9. The van der Waals surface area contributed by atoms with Gasteiger partial charge in [0.2, 0.25) is 0 Å². The van der Waals surface area contributed by atoms with Crippen molar-refractivity contribution >= 4 is 70.7 Å². The van der Waals surface area contributed by atoms with Crippen molar-refractivity contribution < 1.29 is 0 Å². The molecule has 6 heteroatoms. The third-order valence-corrected chi connectivity index (χ3v) is 13.5. The molecule has 0 saturated carbocycles. The van der Waals surface area contributed by atoms with Gasteiger partial charge in [-0.2, -0.15) is 0 Å². The molecule has 0 aliphatic heterocycles. The molecule has 0 N–H and O–H groups in total. The number of hydrogen-bond donors (Lipinski definition) is 0. The Morgan fingerprint density at radius 1 is 0.750 bits per heavy atom. The predicted molar refractivity (Wildman–Crippen MR) is 93.4 cm³/mol. The SMILES string of the molecule is C[C](C)(C)[Sn][c]1cnc(-c2nc[c]([Sn][C](C)(C)C)s2)s1. The Bertz CT molecular complexity index is 524. The van der Waals surface area contributed by atoms with E-state index in [1.165, 1.54) is 5.79 Å². The molecule has 2 aromatic heterocycles. The summed E-state index contributed by atoms with van der Waals surface area (Å²) in [6, 6.07) is 0. The summed E-state index contributed by atoms with van der Waals surface area (Å²) >= 11 is 2.69. The quantitative estimate of drug-likeness (QED) is 0.584. The fourth-order valence-corrected chi connectivity index (χ4v) is 14.7. The van der Waals surface area contributed by atoms with Crippen LogP contribution in [0.4, 0.5) is 0 Å². The Morgan fingerprint density at radius 2 is 1.10 bits per heavy atom. The molecule has 0 spiro atoms. The van der Waals surface area contributed by atoms with Crippen molar-refractivity contribution in [3.05, 3.63) is 12.4 Å². The van der Waals surface area contributed by atoms with Crippen molar-refractivity contribution in [2.45, 2.75) is 48.4 Å². The second-order valence-corrected chi connectivity index (χ2v) is 24.0. The van der Waals surface area contributed by atoms with E-state index in [0.717, 1.165) is 10.0 Å². The topological polar surface area (TPSA) is 25.8 Å². The first kappa shape index (κ1) is 17.2. The summed E-state index contributed by atoms with van der Waals surface area (Å²) in [5.41, 5.74) is 0. The molecular weight excluding hydrogens is 498 g/mol. The number of rotatable bonds is 3. The molecule has 0 unspecified atom stereocenters. The van der Waals surface area contributed by atoms with Crippen molar-refractivity contribution in [3.8, 4) is 10.0 Å². The Balaban J connectivity index is 2.13. The van der Waals surface area contributed by atoms with E-state index in [-0.39, 0.29) is 0 Å². The molecule has 0 bridgehead atoms. The Hall–Kier alpha value is 0.857. The number of nitrogens with zero attached hydrogens (tertiary/aromatic N) is 2. The van der Waals surface area contributed by atoms with Gasteiger partial charge in [-0.25, -0.2) is 0 Å². The van der Waals surface area contributed by atoms with Gasteiger partial charge >= 0.3 is 152 Å². The van der Waals surface area contributed by atoms with Crippen LogP contribution >= 0.6 is 22.7 Å². The first-order valence-electron chi connectivity index (χ1n) is 6.61. The third kappa shape index (κ3) is 5.57. The summed E-state index contributed by atoms with van der Waals surface area (Å²) in [4.78, 5) is 9.22. The molecule has 0 fully saturated rings. The van der Waals surface area contributed by atoms with E-state index in [1.54, 1.807) is 0 Å². The van der Waals surface area contributed by atoms with Crippen LogP contribution in [0.3, 0.4) is 0 Å². The third-order valence-electron chi connectivity index (χ3n) is 2.19. The van der Waals surface area contributed by atoms with E-state index in [4.69, 9.17) is 0 Å². The molecule has 106 valence electrons. The van der Waals surface area contributed by atoms with Gasteiger partial charge in [0, 0.05) is 0 Å². The molecule has 0 amide bonds. The van der Waals surface area contributed by atoms with E-state index in [2.05, 4.69) is 63.9 Å². The van der Waals surface area contributed by atoms with Gasteiger partial charge in [-0.1, -0.05) is 0 Å². The molecule has 0 aliphatic carbocycles. The van der Waals surface area contributed by atoms with Crippen molar-refractivity contribution in [2.24, 2.45) is 0 Å². The van der Waals surface area contributed by atoms with Gasteiger partial charge in [-0.05, 0) is 0 Å². The Kier molecular flexibility index (Phi) is 5.63. The van der Waals surface area contributed by atoms with Crippen molar-refractivity contribution in [1.82, 2.24) is 9.97 Å². The number of aromatic nitrogens is 2. The maximum atomic E-state index is 4.61. The molecule has 0 aromatic carbocycles. The number of hydrogen-bond acceptors (Lipinski definition) is 4. The van der Waals surface area contributed by atoms with Gasteiger partial charge in [0.25, 0.3) is 0 Å². The Morgan fingerprint density at radius 3 is 1.40 bits per heavy atom. The van der Waals surface area contributed by atoms with Crippen LogP contribution in [0.2, 0.25) is 6.86 Å². The van der Waals surface area contributed by atoms with Crippen LogP contribution in [-0.2, 0) is 0 Å². The summed E-state index contributed by atoms with van der Waals surface area (Å²) in [6.45, 7) is 14.1. The maximum absolute atomic E-state index is 4.61. The summed E-state index contributed by atoms with van der Waals surface area (Å²) in [5, 5.41) is 2.27. The molecule has 4 radical (unpaired) electrons. The summed E-state index contributed by atoms with van der Waals surface area (Å²) in [5.74, 6) is 0. The number of thiazole rings is 2. The van der Waals surface area contributed by atoms with Crippen LogP contribution in [0.5, 0.6) is 0 Å². The van der Waals surface area contributed by atoms with E-state index >= 15 is 0 Å². The molecule has 0 aliphatic rings. The van der Waals surface area contributed by atoms with Crippen molar-refractivity contribution in [2.75, 3.05) is 0 Å². The molecule has 2 rings (SSSR count). The fourth-order valence-electron chi connectivity index (χ4n) is 1.60. The van der Waals surface area contributed by atoms with Crippen molar-refractivity contribution in [3.63, 3.8) is 0 Å². The first-order valence-corrected chi connectivity index (χ1v) is 13.9. The first-order chi connectivity index (χ1) is 9.12. The second kappa shape index (κ2) is 6.54. The van der Waals surface area contributed by atoms with Gasteiger partial charge < -0.3 is 0 Å². The molecule has 2 nitrogen and oxygen atoms in total. The van der Waals surface area contributed by atoms with Gasteiger partial charge in [0.15, 0.2) is 0 Å². The molecule has 2 aromatic rings. The van der Waals surface area contributed by atoms with Crippen LogP contribution in [-0.4, -0.2) is 52.3 Å². The summed E-state index contributed by atoms with van der Waals surface area (Å²) < 4.78 is 4.04. The summed E-state index contributed by atoms with van der Waals surface area (Å²) in [6.07, 6.45) is 4.20. The van der Waals surface area contributed by atoms with E-state index in [0.29, 0.717) is 6.86 Å².